The lowest BCUT2D eigenvalue weighted by atomic mass is 9.90. The topological polar surface area (TPSA) is 37.3 Å². The summed E-state index contributed by atoms with van der Waals surface area (Å²) in [6.07, 6.45) is 1.40. The maximum absolute atomic E-state index is 11.7. The minimum Gasteiger partial charge on any atom is -0.512 e. The summed E-state index contributed by atoms with van der Waals surface area (Å²) in [6.45, 7) is 11.9. The molecule has 0 saturated heterocycles. The summed E-state index contributed by atoms with van der Waals surface area (Å²) >= 11 is 0. The Morgan fingerprint density at radius 3 is 1.67 bits per heavy atom. The van der Waals surface area contributed by atoms with E-state index in [4.69, 9.17) is 0 Å². The van der Waals surface area contributed by atoms with Gasteiger partial charge in [-0.1, -0.05) is 41.5 Å². The van der Waals surface area contributed by atoms with Crippen LogP contribution in [0.15, 0.2) is 11.8 Å². The highest BCUT2D eigenvalue weighted by Gasteiger charge is 2.18. The van der Waals surface area contributed by atoms with Crippen molar-refractivity contribution in [2.75, 3.05) is 0 Å². The molecule has 2 nitrogen and oxygen atoms in total. The van der Waals surface area contributed by atoms with Crippen molar-refractivity contribution in [3.05, 3.63) is 11.8 Å². The first-order valence-electron chi connectivity index (χ1n) is 5.71. The van der Waals surface area contributed by atoms with Gasteiger partial charge < -0.3 is 5.11 Å². The van der Waals surface area contributed by atoms with E-state index in [2.05, 4.69) is 0 Å². The van der Waals surface area contributed by atoms with Crippen molar-refractivity contribution < 1.29 is 9.90 Å². The van der Waals surface area contributed by atoms with Crippen molar-refractivity contribution in [2.24, 2.45) is 23.7 Å². The molecule has 0 spiro atoms. The molecule has 0 rings (SSSR count). The highest BCUT2D eigenvalue weighted by atomic mass is 16.3. The average Bonchev–Trinajstić information content (AvgIpc) is 2.14. The molecule has 0 aromatic heterocycles. The van der Waals surface area contributed by atoms with Crippen LogP contribution in [0, 0.1) is 23.7 Å². The highest BCUT2D eigenvalue weighted by Crippen LogP contribution is 2.19. The fourth-order valence-corrected chi connectivity index (χ4v) is 1.08. The summed E-state index contributed by atoms with van der Waals surface area (Å²) < 4.78 is 0. The summed E-state index contributed by atoms with van der Waals surface area (Å²) in [6, 6.07) is 0. The summed E-state index contributed by atoms with van der Waals surface area (Å²) in [5.41, 5.74) is 0. The van der Waals surface area contributed by atoms with Crippen LogP contribution in [0.5, 0.6) is 0 Å². The second-order valence-corrected chi connectivity index (χ2v) is 5.04. The fourth-order valence-electron chi connectivity index (χ4n) is 1.08. The van der Waals surface area contributed by atoms with E-state index >= 15 is 0 Å². The SMILES string of the molecule is CC(C)C(C)C(=O)/C=C(\O)C(C)C(C)C. The molecule has 15 heavy (non-hydrogen) atoms. The normalized spacial score (nSPS) is 16.9. The van der Waals surface area contributed by atoms with Gasteiger partial charge in [-0.25, -0.2) is 0 Å². The van der Waals surface area contributed by atoms with Gasteiger partial charge in [0.25, 0.3) is 0 Å². The maximum Gasteiger partial charge on any atom is 0.162 e. The van der Waals surface area contributed by atoms with Crippen LogP contribution in [-0.2, 0) is 4.79 Å². The van der Waals surface area contributed by atoms with E-state index in [1.54, 1.807) is 0 Å². The molecular formula is C13H24O2. The minimum absolute atomic E-state index is 0.0217. The number of rotatable bonds is 5. The van der Waals surface area contributed by atoms with Crippen molar-refractivity contribution in [3.63, 3.8) is 0 Å². The van der Waals surface area contributed by atoms with E-state index in [1.807, 2.05) is 41.5 Å². The number of allylic oxidation sites excluding steroid dienone is 2. The van der Waals surface area contributed by atoms with Crippen LogP contribution in [0.25, 0.3) is 0 Å². The molecule has 0 amide bonds. The Bertz CT molecular complexity index is 239. The van der Waals surface area contributed by atoms with E-state index in [9.17, 15) is 9.90 Å². The molecule has 2 unspecified atom stereocenters. The lowest BCUT2D eigenvalue weighted by molar-refractivity contribution is -0.119. The van der Waals surface area contributed by atoms with Crippen molar-refractivity contribution in [2.45, 2.75) is 41.5 Å². The second kappa shape index (κ2) is 5.94. The van der Waals surface area contributed by atoms with Gasteiger partial charge in [-0.05, 0) is 11.8 Å². The Morgan fingerprint density at radius 2 is 1.33 bits per heavy atom. The number of carbonyl (C=O) groups is 1. The zero-order valence-electron chi connectivity index (χ0n) is 10.7. The molecule has 0 saturated carbocycles. The number of aliphatic hydroxyl groups excluding tert-OH is 1. The number of aliphatic hydroxyl groups is 1. The Balaban J connectivity index is 4.55. The number of hydrogen-bond donors (Lipinski definition) is 1. The van der Waals surface area contributed by atoms with Gasteiger partial charge in [0.05, 0.1) is 5.76 Å². The molecule has 2 heteroatoms. The van der Waals surface area contributed by atoms with Gasteiger partial charge in [-0.3, -0.25) is 4.79 Å². The third kappa shape index (κ3) is 4.50. The second-order valence-electron chi connectivity index (χ2n) is 5.04. The third-order valence-corrected chi connectivity index (χ3v) is 3.21. The van der Waals surface area contributed by atoms with Crippen LogP contribution in [0.1, 0.15) is 41.5 Å². The molecule has 88 valence electrons. The summed E-state index contributed by atoms with van der Waals surface area (Å²) in [4.78, 5) is 11.7. The lowest BCUT2D eigenvalue weighted by Gasteiger charge is -2.16. The van der Waals surface area contributed by atoms with Crippen LogP contribution in [0.2, 0.25) is 0 Å². The van der Waals surface area contributed by atoms with Gasteiger partial charge in [0.2, 0.25) is 0 Å². The molecule has 0 aliphatic heterocycles. The number of carbonyl (C=O) groups excluding carboxylic acids is 1. The van der Waals surface area contributed by atoms with Crippen molar-refractivity contribution in [1.82, 2.24) is 0 Å². The average molecular weight is 212 g/mol. The fraction of sp³-hybridized carbons (Fsp3) is 0.769. The Hall–Kier alpha value is -0.790. The summed E-state index contributed by atoms with van der Waals surface area (Å²) in [5, 5.41) is 9.73. The summed E-state index contributed by atoms with van der Waals surface area (Å²) in [5.74, 6) is 0.927. The van der Waals surface area contributed by atoms with E-state index in [1.165, 1.54) is 6.08 Å². The standard InChI is InChI=1S/C13H24O2/c1-8(2)10(5)12(14)7-13(15)11(6)9(3)4/h7-11,14H,1-6H3/b12-7-. The van der Waals surface area contributed by atoms with Gasteiger partial charge in [-0.2, -0.15) is 0 Å². The molecule has 0 heterocycles. The lowest BCUT2D eigenvalue weighted by Crippen LogP contribution is -2.17. The van der Waals surface area contributed by atoms with Crippen molar-refractivity contribution >= 4 is 5.78 Å². The van der Waals surface area contributed by atoms with E-state index < -0.39 is 0 Å². The van der Waals surface area contributed by atoms with Gasteiger partial charge in [-0.15, -0.1) is 0 Å². The van der Waals surface area contributed by atoms with E-state index in [0.29, 0.717) is 11.8 Å². The zero-order valence-corrected chi connectivity index (χ0v) is 10.7. The Morgan fingerprint density at radius 1 is 0.933 bits per heavy atom. The molecular weight excluding hydrogens is 188 g/mol. The maximum atomic E-state index is 11.7. The van der Waals surface area contributed by atoms with Crippen LogP contribution >= 0.6 is 0 Å². The van der Waals surface area contributed by atoms with Gasteiger partial charge in [0.15, 0.2) is 5.78 Å². The zero-order chi connectivity index (χ0) is 12.2. The van der Waals surface area contributed by atoms with Crippen molar-refractivity contribution in [1.29, 1.82) is 0 Å². The molecule has 0 radical (unpaired) electrons. The van der Waals surface area contributed by atoms with Crippen LogP contribution < -0.4 is 0 Å². The molecule has 1 N–H and O–H groups in total. The van der Waals surface area contributed by atoms with Crippen LogP contribution in [0.4, 0.5) is 0 Å². The van der Waals surface area contributed by atoms with Gasteiger partial charge in [0.1, 0.15) is 0 Å². The van der Waals surface area contributed by atoms with E-state index in [-0.39, 0.29) is 23.4 Å². The Kier molecular flexibility index (Phi) is 5.63. The smallest absolute Gasteiger partial charge is 0.162 e. The Labute approximate surface area is 93.4 Å². The number of ketones is 1. The molecule has 0 aromatic rings. The monoisotopic (exact) mass is 212 g/mol. The molecule has 0 aromatic carbocycles. The predicted octanol–water partition coefficient (Wildman–Crippen LogP) is 3.58. The van der Waals surface area contributed by atoms with Crippen molar-refractivity contribution in [3.8, 4) is 0 Å². The number of hydrogen-bond acceptors (Lipinski definition) is 2. The third-order valence-electron chi connectivity index (χ3n) is 3.21. The van der Waals surface area contributed by atoms with E-state index in [0.717, 1.165) is 0 Å². The molecule has 0 bridgehead atoms. The van der Waals surface area contributed by atoms with Crippen LogP contribution in [-0.4, -0.2) is 10.9 Å². The first-order valence-corrected chi connectivity index (χ1v) is 5.71. The quantitative estimate of drug-likeness (QED) is 0.558. The minimum atomic E-state index is -0.0217. The molecule has 0 aliphatic rings. The molecule has 0 aliphatic carbocycles. The predicted molar refractivity (Wildman–Crippen MR) is 63.7 cm³/mol. The summed E-state index contributed by atoms with van der Waals surface area (Å²) in [7, 11) is 0. The molecule has 2 atom stereocenters. The first-order chi connectivity index (χ1) is 6.77. The largest absolute Gasteiger partial charge is 0.512 e. The van der Waals surface area contributed by atoms with Gasteiger partial charge >= 0.3 is 0 Å². The first kappa shape index (κ1) is 14.2. The van der Waals surface area contributed by atoms with Crippen LogP contribution in [0.3, 0.4) is 0 Å². The molecule has 0 fully saturated rings. The highest BCUT2D eigenvalue weighted by molar-refractivity contribution is 5.92. The van der Waals surface area contributed by atoms with Gasteiger partial charge in [0, 0.05) is 17.9 Å².